The Labute approximate surface area is 175 Å². The summed E-state index contributed by atoms with van der Waals surface area (Å²) in [5, 5.41) is 10.2. The van der Waals surface area contributed by atoms with Crippen molar-refractivity contribution in [1.82, 2.24) is 19.7 Å². The molecule has 0 saturated carbocycles. The van der Waals surface area contributed by atoms with Gasteiger partial charge in [-0.2, -0.15) is 0 Å². The second kappa shape index (κ2) is 9.34. The number of hydrogen-bond acceptors (Lipinski definition) is 4. The first-order valence-corrected chi connectivity index (χ1v) is 10.4. The molecule has 5 heteroatoms. The van der Waals surface area contributed by atoms with Gasteiger partial charge in [-0.15, -0.1) is 16.8 Å². The van der Waals surface area contributed by atoms with Crippen LogP contribution in [0.1, 0.15) is 22.8 Å². The molecule has 0 saturated heterocycles. The second-order valence-electron chi connectivity index (χ2n) is 6.66. The molecular weight excluding hydrogens is 376 g/mol. The Morgan fingerprint density at radius 1 is 0.897 bits per heavy atom. The smallest absolute Gasteiger partial charge is 0.192 e. The highest BCUT2D eigenvalue weighted by molar-refractivity contribution is 7.99. The van der Waals surface area contributed by atoms with E-state index in [-0.39, 0.29) is 5.25 Å². The topological polar surface area (TPSA) is 43.6 Å². The molecule has 144 valence electrons. The average Bonchev–Trinajstić information content (AvgIpc) is 3.17. The number of thioether (sulfide) groups is 1. The van der Waals surface area contributed by atoms with Crippen molar-refractivity contribution in [3.63, 3.8) is 0 Å². The summed E-state index contributed by atoms with van der Waals surface area (Å²) in [5.74, 6) is 0.851. The van der Waals surface area contributed by atoms with Gasteiger partial charge in [-0.25, -0.2) is 0 Å². The van der Waals surface area contributed by atoms with Crippen LogP contribution in [0.25, 0.3) is 11.4 Å². The summed E-state index contributed by atoms with van der Waals surface area (Å²) < 4.78 is 2.19. The van der Waals surface area contributed by atoms with Crippen LogP contribution in [0.5, 0.6) is 0 Å². The van der Waals surface area contributed by atoms with Crippen LogP contribution in [0.15, 0.2) is 103 Å². The van der Waals surface area contributed by atoms with Crippen LogP contribution in [0.3, 0.4) is 0 Å². The summed E-state index contributed by atoms with van der Waals surface area (Å²) in [6, 6.07) is 24.8. The van der Waals surface area contributed by atoms with Crippen molar-refractivity contribution in [2.75, 3.05) is 0 Å². The molecule has 1 atom stereocenters. The Morgan fingerprint density at radius 3 is 2.28 bits per heavy atom. The molecule has 0 aliphatic heterocycles. The number of hydrogen-bond donors (Lipinski definition) is 0. The van der Waals surface area contributed by atoms with E-state index in [1.54, 1.807) is 24.2 Å². The molecular formula is C24H22N4S. The lowest BCUT2D eigenvalue weighted by atomic mass is 10.1. The van der Waals surface area contributed by atoms with E-state index in [1.807, 2.05) is 30.3 Å². The van der Waals surface area contributed by atoms with Crippen molar-refractivity contribution in [3.8, 4) is 11.4 Å². The van der Waals surface area contributed by atoms with E-state index in [0.717, 1.165) is 23.0 Å². The highest BCUT2D eigenvalue weighted by atomic mass is 32.2. The first-order valence-electron chi connectivity index (χ1n) is 9.55. The molecule has 0 amide bonds. The predicted octanol–water partition coefficient (Wildman–Crippen LogP) is 5.80. The number of pyridine rings is 1. The van der Waals surface area contributed by atoms with Gasteiger partial charge in [0.1, 0.15) is 0 Å². The van der Waals surface area contributed by atoms with Crippen LogP contribution in [0.4, 0.5) is 0 Å². The van der Waals surface area contributed by atoms with Gasteiger partial charge in [-0.1, -0.05) is 78.5 Å². The third-order valence-corrected chi connectivity index (χ3v) is 5.90. The molecule has 4 nitrogen and oxygen atoms in total. The summed E-state index contributed by atoms with van der Waals surface area (Å²) in [7, 11) is 0. The summed E-state index contributed by atoms with van der Waals surface area (Å²) in [6.07, 6.45) is 6.39. The van der Waals surface area contributed by atoms with E-state index in [4.69, 9.17) is 0 Å². The lowest BCUT2D eigenvalue weighted by Gasteiger charge is -2.16. The minimum atomic E-state index is 0.234. The lowest BCUT2D eigenvalue weighted by molar-refractivity contribution is 0.711. The van der Waals surface area contributed by atoms with E-state index < -0.39 is 0 Å². The molecule has 0 spiro atoms. The summed E-state index contributed by atoms with van der Waals surface area (Å²) >= 11 is 1.73. The molecule has 0 aliphatic rings. The highest BCUT2D eigenvalue weighted by Crippen LogP contribution is 2.38. The van der Waals surface area contributed by atoms with E-state index in [9.17, 15) is 0 Å². The van der Waals surface area contributed by atoms with Crippen LogP contribution in [0, 0.1) is 0 Å². The van der Waals surface area contributed by atoms with Crippen molar-refractivity contribution in [2.24, 2.45) is 0 Å². The minimum absolute atomic E-state index is 0.234. The first kappa shape index (κ1) is 19.2. The van der Waals surface area contributed by atoms with E-state index in [2.05, 4.69) is 74.9 Å². The standard InChI is InChI=1S/C24H22N4S/c1-2-9-22(20-12-7-4-8-13-20)29-24-27-26-23(21-14-16-25-17-15-21)28(24)18-19-10-5-3-6-11-19/h2-8,10-17,22H,1,9,18H2. The van der Waals surface area contributed by atoms with E-state index in [1.165, 1.54) is 11.1 Å². The van der Waals surface area contributed by atoms with Gasteiger partial charge in [0, 0.05) is 23.2 Å². The predicted molar refractivity (Wildman–Crippen MR) is 119 cm³/mol. The van der Waals surface area contributed by atoms with Crippen molar-refractivity contribution in [3.05, 3.63) is 109 Å². The van der Waals surface area contributed by atoms with Gasteiger partial charge in [-0.05, 0) is 29.7 Å². The molecule has 0 bridgehead atoms. The number of rotatable bonds is 8. The van der Waals surface area contributed by atoms with Crippen molar-refractivity contribution in [1.29, 1.82) is 0 Å². The van der Waals surface area contributed by atoms with Crippen molar-refractivity contribution < 1.29 is 0 Å². The van der Waals surface area contributed by atoms with Gasteiger partial charge >= 0.3 is 0 Å². The number of aromatic nitrogens is 4. The molecule has 0 N–H and O–H groups in total. The number of benzene rings is 2. The zero-order valence-electron chi connectivity index (χ0n) is 16.1. The molecule has 2 heterocycles. The number of allylic oxidation sites excluding steroid dienone is 1. The second-order valence-corrected chi connectivity index (χ2v) is 7.83. The maximum atomic E-state index is 4.56. The van der Waals surface area contributed by atoms with E-state index in [0.29, 0.717) is 6.54 Å². The Morgan fingerprint density at radius 2 is 1.59 bits per heavy atom. The van der Waals surface area contributed by atoms with Gasteiger partial charge in [0.2, 0.25) is 0 Å². The Hall–Kier alpha value is -3.18. The fourth-order valence-electron chi connectivity index (χ4n) is 3.20. The third-order valence-electron chi connectivity index (χ3n) is 4.64. The van der Waals surface area contributed by atoms with Gasteiger partial charge in [0.25, 0.3) is 0 Å². The zero-order valence-corrected chi connectivity index (χ0v) is 16.9. The average molecular weight is 399 g/mol. The van der Waals surface area contributed by atoms with Crippen LogP contribution in [0.2, 0.25) is 0 Å². The molecule has 4 aromatic rings. The zero-order chi connectivity index (χ0) is 19.9. The molecule has 4 rings (SSSR count). The molecule has 29 heavy (non-hydrogen) atoms. The van der Waals surface area contributed by atoms with Crippen LogP contribution >= 0.6 is 11.8 Å². The first-order chi connectivity index (χ1) is 14.3. The molecule has 0 radical (unpaired) electrons. The van der Waals surface area contributed by atoms with Crippen molar-refractivity contribution in [2.45, 2.75) is 23.4 Å². The minimum Gasteiger partial charge on any atom is -0.298 e. The maximum absolute atomic E-state index is 4.56. The monoisotopic (exact) mass is 398 g/mol. The molecule has 1 unspecified atom stereocenters. The Kier molecular flexibility index (Phi) is 6.17. The summed E-state index contributed by atoms with van der Waals surface area (Å²) in [5.41, 5.74) is 3.48. The summed E-state index contributed by atoms with van der Waals surface area (Å²) in [6.45, 7) is 4.66. The molecule has 0 fully saturated rings. The Balaban J connectivity index is 1.72. The molecule has 2 aromatic heterocycles. The molecule has 0 aliphatic carbocycles. The Bertz CT molecular complexity index is 1050. The van der Waals surface area contributed by atoms with Gasteiger partial charge in [-0.3, -0.25) is 9.55 Å². The fourth-order valence-corrected chi connectivity index (χ4v) is 4.34. The largest absolute Gasteiger partial charge is 0.298 e. The van der Waals surface area contributed by atoms with Crippen molar-refractivity contribution >= 4 is 11.8 Å². The van der Waals surface area contributed by atoms with E-state index >= 15 is 0 Å². The normalized spacial score (nSPS) is 11.9. The van der Waals surface area contributed by atoms with Crippen LogP contribution in [-0.4, -0.2) is 19.7 Å². The summed E-state index contributed by atoms with van der Waals surface area (Å²) in [4.78, 5) is 4.13. The SMILES string of the molecule is C=CCC(Sc1nnc(-c2ccncc2)n1Cc1ccccc1)c1ccccc1. The van der Waals surface area contributed by atoms with Gasteiger partial charge in [0.15, 0.2) is 11.0 Å². The fraction of sp³-hybridized carbons (Fsp3) is 0.125. The number of nitrogens with zero attached hydrogens (tertiary/aromatic N) is 4. The quantitative estimate of drug-likeness (QED) is 0.278. The third kappa shape index (κ3) is 4.63. The maximum Gasteiger partial charge on any atom is 0.192 e. The van der Waals surface area contributed by atoms with Gasteiger partial charge < -0.3 is 0 Å². The van der Waals surface area contributed by atoms with Gasteiger partial charge in [0.05, 0.1) is 6.54 Å². The molecule has 2 aromatic carbocycles. The lowest BCUT2D eigenvalue weighted by Crippen LogP contribution is -2.05. The van der Waals surface area contributed by atoms with Crippen LogP contribution < -0.4 is 0 Å². The highest BCUT2D eigenvalue weighted by Gasteiger charge is 2.20. The van der Waals surface area contributed by atoms with Crippen LogP contribution in [-0.2, 0) is 6.54 Å².